The fourth-order valence-electron chi connectivity index (χ4n) is 2.74. The number of thiophene rings is 1. The van der Waals surface area contributed by atoms with Crippen LogP contribution in [0, 0.1) is 3.57 Å². The van der Waals surface area contributed by atoms with Crippen LogP contribution in [0.25, 0.3) is 5.69 Å². The highest BCUT2D eigenvalue weighted by molar-refractivity contribution is 14.1. The molecule has 1 aliphatic heterocycles. The number of nitrogens with one attached hydrogen (secondary N) is 1. The first-order valence-electron chi connectivity index (χ1n) is 6.94. The molecule has 3 aromatic rings. The van der Waals surface area contributed by atoms with E-state index in [9.17, 15) is 0 Å². The Balaban J connectivity index is 1.76. The van der Waals surface area contributed by atoms with Crippen LogP contribution in [0.1, 0.15) is 16.1 Å². The van der Waals surface area contributed by atoms with Gasteiger partial charge >= 0.3 is 0 Å². The zero-order valence-corrected chi connectivity index (χ0v) is 14.3. The number of rotatable bonds is 3. The zero-order chi connectivity index (χ0) is 14.2. The Kier molecular flexibility index (Phi) is 3.46. The predicted molar refractivity (Wildman–Crippen MR) is 95.6 cm³/mol. The van der Waals surface area contributed by atoms with Crippen molar-refractivity contribution in [3.8, 4) is 5.69 Å². The van der Waals surface area contributed by atoms with Gasteiger partial charge < -0.3 is 5.32 Å². The molecule has 0 radical (unpaired) electrons. The second kappa shape index (κ2) is 5.46. The largest absolute Gasteiger partial charge is 0.369 e. The van der Waals surface area contributed by atoms with Gasteiger partial charge in [0.25, 0.3) is 0 Å². The van der Waals surface area contributed by atoms with Gasteiger partial charge in [-0.25, -0.2) is 4.68 Å². The molecule has 21 heavy (non-hydrogen) atoms. The van der Waals surface area contributed by atoms with Crippen molar-refractivity contribution in [3.63, 3.8) is 0 Å². The molecule has 0 aliphatic carbocycles. The Morgan fingerprint density at radius 3 is 2.86 bits per heavy atom. The van der Waals surface area contributed by atoms with Crippen molar-refractivity contribution in [2.24, 2.45) is 0 Å². The summed E-state index contributed by atoms with van der Waals surface area (Å²) in [7, 11) is 0. The molecule has 0 saturated carbocycles. The average molecular weight is 407 g/mol. The fraction of sp³-hybridized carbons (Fsp3) is 0.188. The molecular formula is C16H14IN3S. The smallest absolute Gasteiger partial charge is 0.133 e. The van der Waals surface area contributed by atoms with Crippen LogP contribution < -0.4 is 5.32 Å². The van der Waals surface area contributed by atoms with Crippen LogP contribution in [0.2, 0.25) is 0 Å². The van der Waals surface area contributed by atoms with Crippen LogP contribution in [-0.4, -0.2) is 16.3 Å². The van der Waals surface area contributed by atoms with Crippen molar-refractivity contribution in [2.45, 2.75) is 12.8 Å². The van der Waals surface area contributed by atoms with Crippen LogP contribution >= 0.6 is 33.9 Å². The monoisotopic (exact) mass is 407 g/mol. The molecule has 0 spiro atoms. The van der Waals surface area contributed by atoms with E-state index in [1.807, 2.05) is 0 Å². The van der Waals surface area contributed by atoms with Gasteiger partial charge in [0, 0.05) is 27.0 Å². The lowest BCUT2D eigenvalue weighted by Gasteiger charge is -2.06. The van der Waals surface area contributed by atoms with Crippen molar-refractivity contribution in [2.75, 3.05) is 11.9 Å². The third-order valence-corrected chi connectivity index (χ3v) is 5.32. The number of benzene rings is 1. The summed E-state index contributed by atoms with van der Waals surface area (Å²) < 4.78 is 3.30. The summed E-state index contributed by atoms with van der Waals surface area (Å²) in [4.78, 5) is 1.37. The Hall–Kier alpha value is -1.34. The minimum Gasteiger partial charge on any atom is -0.369 e. The maximum Gasteiger partial charge on any atom is 0.133 e. The second-order valence-corrected chi connectivity index (χ2v) is 7.37. The maximum atomic E-state index is 4.86. The molecule has 4 rings (SSSR count). The molecule has 1 aliphatic rings. The molecule has 1 N–H and O–H groups in total. The molecule has 3 heterocycles. The van der Waals surface area contributed by atoms with Gasteiger partial charge in [0.15, 0.2) is 0 Å². The van der Waals surface area contributed by atoms with Crippen LogP contribution in [0.4, 0.5) is 5.82 Å². The fourth-order valence-corrected chi connectivity index (χ4v) is 3.80. The SMILES string of the molecule is Ic1ccc(-n2nc(Cc3cccs3)c3c2NCC3)cc1. The van der Waals surface area contributed by atoms with Crippen molar-refractivity contribution in [1.29, 1.82) is 0 Å². The Morgan fingerprint density at radius 2 is 2.10 bits per heavy atom. The quantitative estimate of drug-likeness (QED) is 0.663. The van der Waals surface area contributed by atoms with E-state index in [2.05, 4.69) is 74.4 Å². The van der Waals surface area contributed by atoms with Gasteiger partial charge in [0.2, 0.25) is 0 Å². The third-order valence-electron chi connectivity index (χ3n) is 3.73. The molecule has 0 atom stereocenters. The average Bonchev–Trinajstić information content (AvgIpc) is 3.19. The number of anilines is 1. The first-order chi connectivity index (χ1) is 10.3. The van der Waals surface area contributed by atoms with E-state index in [0.717, 1.165) is 25.1 Å². The van der Waals surface area contributed by atoms with Gasteiger partial charge in [-0.3, -0.25) is 0 Å². The van der Waals surface area contributed by atoms with Gasteiger partial charge in [0.1, 0.15) is 5.82 Å². The summed E-state index contributed by atoms with van der Waals surface area (Å²) in [5, 5.41) is 10.5. The normalized spacial score (nSPS) is 13.2. The molecule has 2 aromatic heterocycles. The summed E-state index contributed by atoms with van der Waals surface area (Å²) in [5.41, 5.74) is 3.71. The van der Waals surface area contributed by atoms with Crippen molar-refractivity contribution in [1.82, 2.24) is 9.78 Å². The molecule has 0 fully saturated rings. The van der Waals surface area contributed by atoms with Crippen LogP contribution in [0.5, 0.6) is 0 Å². The topological polar surface area (TPSA) is 29.9 Å². The summed E-state index contributed by atoms with van der Waals surface area (Å²) in [6.07, 6.45) is 2.00. The van der Waals surface area contributed by atoms with Crippen molar-refractivity contribution < 1.29 is 0 Å². The van der Waals surface area contributed by atoms with Gasteiger partial charge in [-0.2, -0.15) is 5.10 Å². The highest BCUT2D eigenvalue weighted by Crippen LogP contribution is 2.30. The standard InChI is InChI=1S/C16H14IN3S/c17-11-3-5-12(6-4-11)20-16-14(7-8-18-16)15(19-20)10-13-2-1-9-21-13/h1-6,9,18H,7-8,10H2. The molecule has 0 amide bonds. The highest BCUT2D eigenvalue weighted by atomic mass is 127. The molecule has 0 bridgehead atoms. The van der Waals surface area contributed by atoms with E-state index in [1.54, 1.807) is 11.3 Å². The number of hydrogen-bond donors (Lipinski definition) is 1. The summed E-state index contributed by atoms with van der Waals surface area (Å²) in [5.74, 6) is 1.17. The Labute approximate surface area is 141 Å². The molecular weight excluding hydrogens is 393 g/mol. The molecule has 106 valence electrons. The van der Waals surface area contributed by atoms with E-state index in [-0.39, 0.29) is 0 Å². The molecule has 0 unspecified atom stereocenters. The van der Waals surface area contributed by atoms with Gasteiger partial charge in [-0.1, -0.05) is 6.07 Å². The molecule has 5 heteroatoms. The van der Waals surface area contributed by atoms with E-state index in [1.165, 1.54) is 25.5 Å². The van der Waals surface area contributed by atoms with Crippen LogP contribution in [-0.2, 0) is 12.8 Å². The van der Waals surface area contributed by atoms with Gasteiger partial charge in [-0.15, -0.1) is 11.3 Å². The van der Waals surface area contributed by atoms with Crippen molar-refractivity contribution in [3.05, 3.63) is 61.5 Å². The number of hydrogen-bond acceptors (Lipinski definition) is 3. The third kappa shape index (κ3) is 2.48. The highest BCUT2D eigenvalue weighted by Gasteiger charge is 2.23. The summed E-state index contributed by atoms with van der Waals surface area (Å²) in [6, 6.07) is 12.8. The molecule has 3 nitrogen and oxygen atoms in total. The zero-order valence-electron chi connectivity index (χ0n) is 11.3. The number of aromatic nitrogens is 2. The lowest BCUT2D eigenvalue weighted by Crippen LogP contribution is -2.05. The van der Waals surface area contributed by atoms with E-state index < -0.39 is 0 Å². The minimum absolute atomic E-state index is 0.930. The number of fused-ring (bicyclic) bond motifs is 1. The van der Waals surface area contributed by atoms with E-state index in [0.29, 0.717) is 0 Å². The summed E-state index contributed by atoms with van der Waals surface area (Å²) in [6.45, 7) is 1.01. The van der Waals surface area contributed by atoms with Crippen molar-refractivity contribution >= 4 is 39.7 Å². The second-order valence-electron chi connectivity index (χ2n) is 5.09. The first kappa shape index (κ1) is 13.3. The lowest BCUT2D eigenvalue weighted by molar-refractivity contribution is 0.842. The number of halogens is 1. The Morgan fingerprint density at radius 1 is 1.24 bits per heavy atom. The lowest BCUT2D eigenvalue weighted by atomic mass is 10.1. The predicted octanol–water partition coefficient (Wildman–Crippen LogP) is 4.10. The number of nitrogens with zero attached hydrogens (tertiary/aromatic N) is 2. The molecule has 0 saturated heterocycles. The van der Waals surface area contributed by atoms with Gasteiger partial charge in [-0.05, 0) is 64.7 Å². The first-order valence-corrected chi connectivity index (χ1v) is 8.90. The summed E-state index contributed by atoms with van der Waals surface area (Å²) >= 11 is 4.13. The van der Waals surface area contributed by atoms with Crippen LogP contribution in [0.3, 0.4) is 0 Å². The minimum atomic E-state index is 0.930. The van der Waals surface area contributed by atoms with E-state index >= 15 is 0 Å². The maximum absolute atomic E-state index is 4.86. The molecule has 1 aromatic carbocycles. The Bertz CT molecular complexity index is 760. The van der Waals surface area contributed by atoms with Crippen LogP contribution in [0.15, 0.2) is 41.8 Å². The van der Waals surface area contributed by atoms with Gasteiger partial charge in [0.05, 0.1) is 11.4 Å². The van der Waals surface area contributed by atoms with E-state index in [4.69, 9.17) is 5.10 Å².